The summed E-state index contributed by atoms with van der Waals surface area (Å²) in [6, 6.07) is 3.78. The lowest BCUT2D eigenvalue weighted by atomic mass is 9.94. The van der Waals surface area contributed by atoms with E-state index in [-0.39, 0.29) is 6.04 Å². The second-order valence-electron chi connectivity index (χ2n) is 4.00. The summed E-state index contributed by atoms with van der Waals surface area (Å²) in [4.78, 5) is 15.6. The molecule has 1 saturated carbocycles. The summed E-state index contributed by atoms with van der Waals surface area (Å²) in [5.41, 5.74) is 0. The molecule has 1 heterocycles. The Balaban J connectivity index is 2.15. The fraction of sp³-hybridized carbons (Fsp3) is 0.545. The Hall–Kier alpha value is -1.45. The Morgan fingerprint density at radius 3 is 2.67 bits per heavy atom. The first kappa shape index (κ1) is 10.1. The van der Waals surface area contributed by atoms with Gasteiger partial charge < -0.3 is 10.1 Å². The van der Waals surface area contributed by atoms with E-state index in [2.05, 4.69) is 4.98 Å². The molecule has 1 amide bonds. The quantitative estimate of drug-likeness (QED) is 0.785. The number of amides is 1. The van der Waals surface area contributed by atoms with Crippen molar-refractivity contribution in [3.63, 3.8) is 0 Å². The van der Waals surface area contributed by atoms with E-state index in [1.165, 1.54) is 11.3 Å². The third-order valence-electron chi connectivity index (χ3n) is 2.99. The van der Waals surface area contributed by atoms with E-state index >= 15 is 0 Å². The van der Waals surface area contributed by atoms with Crippen molar-refractivity contribution in [2.75, 3.05) is 4.90 Å². The van der Waals surface area contributed by atoms with E-state index in [4.69, 9.17) is 0 Å². The highest BCUT2D eigenvalue weighted by molar-refractivity contribution is 5.85. The number of hydrogen-bond donors (Lipinski definition) is 2. The topological polar surface area (TPSA) is 56.3 Å². The monoisotopic (exact) mass is 208 g/mol. The zero-order chi connectivity index (χ0) is 10.7. The molecule has 0 bridgehead atoms. The predicted molar refractivity (Wildman–Crippen MR) is 58.2 cm³/mol. The molecule has 1 aliphatic carbocycles. The molecule has 0 radical (unpaired) electrons. The van der Waals surface area contributed by atoms with Gasteiger partial charge in [-0.1, -0.05) is 19.3 Å². The number of rotatable bonds is 2. The van der Waals surface area contributed by atoms with Gasteiger partial charge in [0.15, 0.2) is 0 Å². The van der Waals surface area contributed by atoms with Crippen molar-refractivity contribution in [2.24, 2.45) is 0 Å². The average Bonchev–Trinajstić information content (AvgIpc) is 2.72. The number of carboxylic acid groups (broad SMARTS) is 1. The number of H-pyrrole nitrogens is 1. The maximum absolute atomic E-state index is 11.2. The zero-order valence-corrected chi connectivity index (χ0v) is 8.65. The van der Waals surface area contributed by atoms with Gasteiger partial charge >= 0.3 is 6.09 Å². The van der Waals surface area contributed by atoms with Gasteiger partial charge in [0.05, 0.1) is 0 Å². The number of hydrogen-bond acceptors (Lipinski definition) is 1. The molecule has 0 saturated heterocycles. The number of aromatic nitrogens is 1. The van der Waals surface area contributed by atoms with Crippen LogP contribution in [0.1, 0.15) is 32.1 Å². The molecule has 2 rings (SSSR count). The molecule has 4 heteroatoms. The Morgan fingerprint density at radius 1 is 1.40 bits per heavy atom. The Kier molecular flexibility index (Phi) is 2.94. The van der Waals surface area contributed by atoms with Crippen LogP contribution in [0.2, 0.25) is 0 Å². The molecule has 15 heavy (non-hydrogen) atoms. The lowest BCUT2D eigenvalue weighted by Gasteiger charge is -2.31. The Bertz CT molecular complexity index is 315. The van der Waals surface area contributed by atoms with Crippen molar-refractivity contribution in [3.05, 3.63) is 18.3 Å². The minimum Gasteiger partial charge on any atom is -0.465 e. The Labute approximate surface area is 88.9 Å². The molecule has 0 atom stereocenters. The van der Waals surface area contributed by atoms with Crippen LogP contribution < -0.4 is 4.90 Å². The first-order chi connectivity index (χ1) is 7.29. The van der Waals surface area contributed by atoms with Crippen LogP contribution in [0.25, 0.3) is 0 Å². The highest BCUT2D eigenvalue weighted by Crippen LogP contribution is 2.26. The van der Waals surface area contributed by atoms with Crippen molar-refractivity contribution in [2.45, 2.75) is 38.1 Å². The fourth-order valence-corrected chi connectivity index (χ4v) is 2.27. The zero-order valence-electron chi connectivity index (χ0n) is 8.65. The molecular weight excluding hydrogens is 192 g/mol. The van der Waals surface area contributed by atoms with E-state index in [0.29, 0.717) is 5.82 Å². The van der Waals surface area contributed by atoms with Crippen molar-refractivity contribution >= 4 is 11.9 Å². The van der Waals surface area contributed by atoms with Gasteiger partial charge in [-0.15, -0.1) is 0 Å². The molecule has 2 N–H and O–H groups in total. The standard InChI is InChI=1S/C11H16N2O2/c14-11(15)13(10-7-4-8-12-10)9-5-2-1-3-6-9/h4,7-9,12H,1-3,5-6H2,(H,14,15). The smallest absolute Gasteiger partial charge is 0.413 e. The minimum absolute atomic E-state index is 0.148. The normalized spacial score (nSPS) is 17.6. The number of nitrogens with zero attached hydrogens (tertiary/aromatic N) is 1. The summed E-state index contributed by atoms with van der Waals surface area (Å²) in [6.07, 6.45) is 6.35. The van der Waals surface area contributed by atoms with E-state index < -0.39 is 6.09 Å². The fourth-order valence-electron chi connectivity index (χ4n) is 2.27. The van der Waals surface area contributed by atoms with Crippen LogP contribution in [0.4, 0.5) is 10.6 Å². The second-order valence-corrected chi connectivity index (χ2v) is 4.00. The van der Waals surface area contributed by atoms with Gasteiger partial charge in [0.1, 0.15) is 5.82 Å². The third kappa shape index (κ3) is 2.14. The summed E-state index contributed by atoms with van der Waals surface area (Å²) in [7, 11) is 0. The van der Waals surface area contributed by atoms with Crippen molar-refractivity contribution in [1.82, 2.24) is 4.98 Å². The first-order valence-corrected chi connectivity index (χ1v) is 5.44. The molecule has 1 fully saturated rings. The van der Waals surface area contributed by atoms with Crippen LogP contribution in [0, 0.1) is 0 Å². The number of nitrogens with one attached hydrogen (secondary N) is 1. The third-order valence-corrected chi connectivity index (χ3v) is 2.99. The summed E-state index contributed by atoms with van der Waals surface area (Å²) < 4.78 is 0. The highest BCUT2D eigenvalue weighted by atomic mass is 16.4. The summed E-state index contributed by atoms with van der Waals surface area (Å²) in [6.45, 7) is 0. The van der Waals surface area contributed by atoms with Crippen molar-refractivity contribution in [3.8, 4) is 0 Å². The molecule has 82 valence electrons. The van der Waals surface area contributed by atoms with E-state index in [0.717, 1.165) is 25.7 Å². The molecule has 0 spiro atoms. The molecule has 0 aromatic carbocycles. The molecule has 1 aliphatic rings. The van der Waals surface area contributed by atoms with Gasteiger partial charge in [-0.3, -0.25) is 4.90 Å². The number of carbonyl (C=O) groups is 1. The first-order valence-electron chi connectivity index (χ1n) is 5.44. The van der Waals surface area contributed by atoms with Gasteiger partial charge in [0.25, 0.3) is 0 Å². The molecule has 4 nitrogen and oxygen atoms in total. The summed E-state index contributed by atoms with van der Waals surface area (Å²) >= 11 is 0. The van der Waals surface area contributed by atoms with E-state index in [1.807, 2.05) is 12.1 Å². The van der Waals surface area contributed by atoms with Gasteiger partial charge in [-0.05, 0) is 25.0 Å². The largest absolute Gasteiger partial charge is 0.465 e. The molecular formula is C11H16N2O2. The average molecular weight is 208 g/mol. The molecule has 0 unspecified atom stereocenters. The van der Waals surface area contributed by atoms with Crippen molar-refractivity contribution in [1.29, 1.82) is 0 Å². The molecule has 1 aromatic rings. The van der Waals surface area contributed by atoms with Gasteiger partial charge in [0, 0.05) is 12.2 Å². The van der Waals surface area contributed by atoms with Crippen LogP contribution in [-0.2, 0) is 0 Å². The van der Waals surface area contributed by atoms with Gasteiger partial charge in [-0.25, -0.2) is 4.79 Å². The van der Waals surface area contributed by atoms with Crippen LogP contribution >= 0.6 is 0 Å². The molecule has 0 aliphatic heterocycles. The van der Waals surface area contributed by atoms with Gasteiger partial charge in [0.2, 0.25) is 0 Å². The SMILES string of the molecule is O=C(O)N(c1ccc[nH]1)C1CCCCC1. The van der Waals surface area contributed by atoms with E-state index in [9.17, 15) is 9.90 Å². The van der Waals surface area contributed by atoms with Crippen LogP contribution in [0.15, 0.2) is 18.3 Å². The maximum Gasteiger partial charge on any atom is 0.413 e. The lowest BCUT2D eigenvalue weighted by Crippen LogP contribution is -2.41. The van der Waals surface area contributed by atoms with Gasteiger partial charge in [-0.2, -0.15) is 0 Å². The van der Waals surface area contributed by atoms with Crippen molar-refractivity contribution < 1.29 is 9.90 Å². The number of anilines is 1. The predicted octanol–water partition coefficient (Wildman–Crippen LogP) is 2.83. The summed E-state index contributed by atoms with van der Waals surface area (Å²) in [5, 5.41) is 9.20. The van der Waals surface area contributed by atoms with E-state index in [1.54, 1.807) is 6.20 Å². The minimum atomic E-state index is -0.857. The number of aromatic amines is 1. The molecule has 1 aromatic heterocycles. The van der Waals surface area contributed by atoms with Crippen LogP contribution in [0.5, 0.6) is 0 Å². The van der Waals surface area contributed by atoms with Crippen LogP contribution in [0.3, 0.4) is 0 Å². The maximum atomic E-state index is 11.2. The summed E-state index contributed by atoms with van der Waals surface area (Å²) in [5.74, 6) is 0.689. The Morgan fingerprint density at radius 2 is 2.13 bits per heavy atom. The second kappa shape index (κ2) is 4.38. The highest BCUT2D eigenvalue weighted by Gasteiger charge is 2.26. The van der Waals surface area contributed by atoms with Crippen LogP contribution in [-0.4, -0.2) is 22.2 Å². The lowest BCUT2D eigenvalue weighted by molar-refractivity contribution is 0.196.